The van der Waals surface area contributed by atoms with E-state index in [4.69, 9.17) is 4.74 Å². The maximum atomic E-state index is 13.5. The van der Waals surface area contributed by atoms with Crippen molar-refractivity contribution in [1.82, 2.24) is 14.5 Å². The average molecular weight is 385 g/mol. The molecule has 0 bridgehead atoms. The molecule has 3 rings (SSSR count). The number of carbonyl (C=O) groups excluding carboxylic acids is 1. The Morgan fingerprint density at radius 1 is 1.18 bits per heavy atom. The number of benzene rings is 2. The zero-order valence-corrected chi connectivity index (χ0v) is 15.9. The van der Waals surface area contributed by atoms with E-state index < -0.39 is 17.7 Å². The standard InChI is InChI=1S/C21H21F2N3O2/c1-14(16-6-9-18(22)19(23)12-16)26(3)21(27)15-4-7-17(8-5-15)28-13-20-24-10-11-25(20)2/h4-12,14H,13H2,1-3H3/t14-/m0/s1. The molecule has 1 aromatic heterocycles. The average Bonchev–Trinajstić information content (AvgIpc) is 3.12. The van der Waals surface area contributed by atoms with Crippen LogP contribution in [0.3, 0.4) is 0 Å². The van der Waals surface area contributed by atoms with Crippen LogP contribution < -0.4 is 4.74 Å². The van der Waals surface area contributed by atoms with E-state index in [0.29, 0.717) is 23.5 Å². The third kappa shape index (κ3) is 4.19. The first-order valence-corrected chi connectivity index (χ1v) is 8.78. The fraction of sp³-hybridized carbons (Fsp3) is 0.238. The summed E-state index contributed by atoms with van der Waals surface area (Å²) in [5.41, 5.74) is 0.992. The Morgan fingerprint density at radius 2 is 1.89 bits per heavy atom. The van der Waals surface area contributed by atoms with Crippen LogP contribution in [-0.4, -0.2) is 27.4 Å². The fourth-order valence-corrected chi connectivity index (χ4v) is 2.75. The van der Waals surface area contributed by atoms with E-state index in [1.54, 1.807) is 44.4 Å². The number of amides is 1. The highest BCUT2D eigenvalue weighted by atomic mass is 19.2. The van der Waals surface area contributed by atoms with Crippen LogP contribution in [0.2, 0.25) is 0 Å². The molecule has 0 spiro atoms. The number of halogens is 2. The van der Waals surface area contributed by atoms with Crippen molar-refractivity contribution in [2.45, 2.75) is 19.6 Å². The Kier molecular flexibility index (Phi) is 5.73. The van der Waals surface area contributed by atoms with Gasteiger partial charge in [-0.1, -0.05) is 6.07 Å². The summed E-state index contributed by atoms with van der Waals surface area (Å²) in [4.78, 5) is 18.4. The molecule has 3 aromatic rings. The Balaban J connectivity index is 1.66. The number of rotatable bonds is 6. The molecule has 5 nitrogen and oxygen atoms in total. The molecule has 0 aliphatic rings. The van der Waals surface area contributed by atoms with Gasteiger partial charge < -0.3 is 14.2 Å². The van der Waals surface area contributed by atoms with Crippen molar-refractivity contribution in [2.75, 3.05) is 7.05 Å². The summed E-state index contributed by atoms with van der Waals surface area (Å²) in [7, 11) is 3.51. The van der Waals surface area contributed by atoms with Crippen LogP contribution in [0.4, 0.5) is 8.78 Å². The number of imidazole rings is 1. The van der Waals surface area contributed by atoms with Gasteiger partial charge in [-0.05, 0) is 48.9 Å². The topological polar surface area (TPSA) is 47.4 Å². The van der Waals surface area contributed by atoms with Crippen molar-refractivity contribution >= 4 is 5.91 Å². The number of aromatic nitrogens is 2. The fourth-order valence-electron chi connectivity index (χ4n) is 2.75. The molecule has 146 valence electrons. The molecular weight excluding hydrogens is 364 g/mol. The Labute approximate surface area is 162 Å². The van der Waals surface area contributed by atoms with E-state index in [1.165, 1.54) is 11.0 Å². The molecule has 0 saturated carbocycles. The lowest BCUT2D eigenvalue weighted by atomic mass is 10.1. The van der Waals surface area contributed by atoms with Crippen molar-refractivity contribution < 1.29 is 18.3 Å². The van der Waals surface area contributed by atoms with E-state index in [9.17, 15) is 13.6 Å². The number of nitrogens with zero attached hydrogens (tertiary/aromatic N) is 3. The van der Waals surface area contributed by atoms with Crippen molar-refractivity contribution in [1.29, 1.82) is 0 Å². The minimum atomic E-state index is -0.931. The van der Waals surface area contributed by atoms with Crippen molar-refractivity contribution in [3.8, 4) is 5.75 Å². The number of hydrogen-bond acceptors (Lipinski definition) is 3. The number of hydrogen-bond donors (Lipinski definition) is 0. The SMILES string of the molecule is C[C@@H](c1ccc(F)c(F)c1)N(C)C(=O)c1ccc(OCc2nccn2C)cc1. The third-order valence-corrected chi connectivity index (χ3v) is 4.72. The van der Waals surface area contributed by atoms with Gasteiger partial charge in [0.25, 0.3) is 5.91 Å². The molecule has 2 aromatic carbocycles. The second-order valence-electron chi connectivity index (χ2n) is 6.53. The molecule has 0 unspecified atom stereocenters. The monoisotopic (exact) mass is 385 g/mol. The van der Waals surface area contributed by atoms with Gasteiger partial charge in [-0.2, -0.15) is 0 Å². The lowest BCUT2D eigenvalue weighted by Crippen LogP contribution is -2.29. The highest BCUT2D eigenvalue weighted by Gasteiger charge is 2.20. The van der Waals surface area contributed by atoms with Crippen molar-refractivity contribution in [2.24, 2.45) is 7.05 Å². The number of aryl methyl sites for hydroxylation is 1. The van der Waals surface area contributed by atoms with Gasteiger partial charge >= 0.3 is 0 Å². The van der Waals surface area contributed by atoms with E-state index in [1.807, 2.05) is 17.8 Å². The van der Waals surface area contributed by atoms with Crippen LogP contribution in [0.5, 0.6) is 5.75 Å². The quantitative estimate of drug-likeness (QED) is 0.642. The summed E-state index contributed by atoms with van der Waals surface area (Å²) in [6.45, 7) is 2.08. The van der Waals surface area contributed by atoms with Gasteiger partial charge in [0.05, 0.1) is 6.04 Å². The van der Waals surface area contributed by atoms with Crippen LogP contribution >= 0.6 is 0 Å². The molecule has 0 N–H and O–H groups in total. The van der Waals surface area contributed by atoms with Crippen molar-refractivity contribution in [3.05, 3.63) is 83.4 Å². The molecule has 7 heteroatoms. The number of carbonyl (C=O) groups is 1. The lowest BCUT2D eigenvalue weighted by Gasteiger charge is -2.25. The van der Waals surface area contributed by atoms with Crippen LogP contribution in [-0.2, 0) is 13.7 Å². The first kappa shape index (κ1) is 19.5. The van der Waals surface area contributed by atoms with Gasteiger partial charge in [-0.15, -0.1) is 0 Å². The molecule has 0 aliphatic carbocycles. The van der Waals surface area contributed by atoms with E-state index in [2.05, 4.69) is 4.98 Å². The molecule has 0 fully saturated rings. The summed E-state index contributed by atoms with van der Waals surface area (Å²) in [6, 6.07) is 10.0. The van der Waals surface area contributed by atoms with Gasteiger partial charge in [0, 0.05) is 32.1 Å². The highest BCUT2D eigenvalue weighted by Crippen LogP contribution is 2.23. The molecule has 0 radical (unpaired) electrons. The third-order valence-electron chi connectivity index (χ3n) is 4.72. The predicted molar refractivity (Wildman–Crippen MR) is 101 cm³/mol. The van der Waals surface area contributed by atoms with Crippen LogP contribution in [0.1, 0.15) is 34.7 Å². The molecule has 1 heterocycles. The predicted octanol–water partition coefficient (Wildman–Crippen LogP) is 4.11. The summed E-state index contributed by atoms with van der Waals surface area (Å²) in [5.74, 6) is -0.658. The van der Waals surface area contributed by atoms with E-state index in [-0.39, 0.29) is 5.91 Å². The van der Waals surface area contributed by atoms with Gasteiger partial charge in [-0.3, -0.25) is 4.79 Å². The summed E-state index contributed by atoms with van der Waals surface area (Å²) < 4.78 is 34.1. The van der Waals surface area contributed by atoms with Gasteiger partial charge in [0.2, 0.25) is 0 Å². The summed E-state index contributed by atoms with van der Waals surface area (Å²) in [6.07, 6.45) is 3.54. The highest BCUT2D eigenvalue weighted by molar-refractivity contribution is 5.94. The second-order valence-corrected chi connectivity index (χ2v) is 6.53. The first-order valence-electron chi connectivity index (χ1n) is 8.78. The number of ether oxygens (including phenoxy) is 1. The largest absolute Gasteiger partial charge is 0.486 e. The maximum absolute atomic E-state index is 13.5. The molecule has 28 heavy (non-hydrogen) atoms. The van der Waals surface area contributed by atoms with Gasteiger partial charge in [0.15, 0.2) is 11.6 Å². The lowest BCUT2D eigenvalue weighted by molar-refractivity contribution is 0.0742. The molecule has 0 saturated heterocycles. The minimum absolute atomic E-state index is 0.229. The zero-order valence-electron chi connectivity index (χ0n) is 15.9. The molecule has 0 aliphatic heterocycles. The smallest absolute Gasteiger partial charge is 0.254 e. The molecular formula is C21H21F2N3O2. The van der Waals surface area contributed by atoms with Crippen LogP contribution in [0.15, 0.2) is 54.9 Å². The maximum Gasteiger partial charge on any atom is 0.254 e. The summed E-state index contributed by atoms with van der Waals surface area (Å²) in [5, 5.41) is 0. The normalized spacial score (nSPS) is 11.9. The van der Waals surface area contributed by atoms with E-state index in [0.717, 1.165) is 18.0 Å². The van der Waals surface area contributed by atoms with Crippen LogP contribution in [0.25, 0.3) is 0 Å². The van der Waals surface area contributed by atoms with Crippen LogP contribution in [0, 0.1) is 11.6 Å². The molecule has 1 atom stereocenters. The van der Waals surface area contributed by atoms with Crippen molar-refractivity contribution in [3.63, 3.8) is 0 Å². The van der Waals surface area contributed by atoms with Gasteiger partial charge in [-0.25, -0.2) is 13.8 Å². The Morgan fingerprint density at radius 3 is 2.50 bits per heavy atom. The second kappa shape index (κ2) is 8.21. The Bertz CT molecular complexity index is 970. The minimum Gasteiger partial charge on any atom is -0.486 e. The van der Waals surface area contributed by atoms with E-state index >= 15 is 0 Å². The first-order chi connectivity index (χ1) is 13.4. The molecule has 1 amide bonds. The zero-order chi connectivity index (χ0) is 20.3. The van der Waals surface area contributed by atoms with Gasteiger partial charge in [0.1, 0.15) is 18.2 Å². The summed E-state index contributed by atoms with van der Waals surface area (Å²) >= 11 is 0. The Hall–Kier alpha value is -3.22.